The lowest BCUT2D eigenvalue weighted by molar-refractivity contribution is 1.43. The smallest absolute Gasteiger partial charge is 0.0501 e. The molecule has 110 valence electrons. The average molecular weight is 295 g/mol. The van der Waals surface area contributed by atoms with Gasteiger partial charge in [0.1, 0.15) is 0 Å². The van der Waals surface area contributed by atoms with E-state index in [1.165, 1.54) is 54.5 Å². The fourth-order valence-corrected chi connectivity index (χ4v) is 3.94. The molecule has 0 radical (unpaired) electrons. The summed E-state index contributed by atoms with van der Waals surface area (Å²) < 4.78 is 0. The highest BCUT2D eigenvalue weighted by atomic mass is 14.7. The first kappa shape index (κ1) is 12.7. The molecule has 5 aromatic rings. The van der Waals surface area contributed by atoms with Crippen LogP contribution in [0.1, 0.15) is 11.1 Å². The van der Waals surface area contributed by atoms with Crippen LogP contribution in [0, 0.1) is 13.8 Å². The second kappa shape index (κ2) is 4.36. The van der Waals surface area contributed by atoms with E-state index < -0.39 is 0 Å². The summed E-state index contributed by atoms with van der Waals surface area (Å²) in [5, 5.41) is 7.99. The Hall–Kier alpha value is -2.80. The molecule has 4 aromatic carbocycles. The molecule has 1 N–H and O–H groups in total. The van der Waals surface area contributed by atoms with Crippen LogP contribution >= 0.6 is 0 Å². The summed E-state index contributed by atoms with van der Waals surface area (Å²) in [6.45, 7) is 4.39. The van der Waals surface area contributed by atoms with Crippen molar-refractivity contribution < 1.29 is 0 Å². The van der Waals surface area contributed by atoms with Crippen LogP contribution in [0.2, 0.25) is 0 Å². The number of hydrogen-bond acceptors (Lipinski definition) is 0. The summed E-state index contributed by atoms with van der Waals surface area (Å²) in [7, 11) is 0. The minimum Gasteiger partial charge on any atom is -0.354 e. The van der Waals surface area contributed by atoms with Gasteiger partial charge in [0.05, 0.1) is 11.0 Å². The highest BCUT2D eigenvalue weighted by Crippen LogP contribution is 2.39. The zero-order valence-corrected chi connectivity index (χ0v) is 13.3. The van der Waals surface area contributed by atoms with Crippen LogP contribution in [0.15, 0.2) is 60.7 Å². The van der Waals surface area contributed by atoms with Gasteiger partial charge in [-0.1, -0.05) is 48.5 Å². The van der Waals surface area contributed by atoms with Crippen LogP contribution in [0.5, 0.6) is 0 Å². The molecule has 0 aliphatic rings. The molecule has 5 rings (SSSR count). The molecule has 0 saturated carbocycles. The third-order valence-corrected chi connectivity index (χ3v) is 4.99. The maximum atomic E-state index is 3.70. The Morgan fingerprint density at radius 3 is 1.52 bits per heavy atom. The van der Waals surface area contributed by atoms with Gasteiger partial charge >= 0.3 is 0 Å². The first-order chi connectivity index (χ1) is 11.2. The van der Waals surface area contributed by atoms with Crippen molar-refractivity contribution in [1.29, 1.82) is 0 Å². The largest absolute Gasteiger partial charge is 0.354 e. The van der Waals surface area contributed by atoms with E-state index in [0.29, 0.717) is 0 Å². The fraction of sp³-hybridized carbons (Fsp3) is 0.0909. The van der Waals surface area contributed by atoms with E-state index >= 15 is 0 Å². The van der Waals surface area contributed by atoms with Gasteiger partial charge in [-0.2, -0.15) is 0 Å². The highest BCUT2D eigenvalue weighted by molar-refractivity contribution is 6.28. The van der Waals surface area contributed by atoms with Crippen LogP contribution < -0.4 is 0 Å². The van der Waals surface area contributed by atoms with Gasteiger partial charge in [-0.15, -0.1) is 0 Å². The van der Waals surface area contributed by atoms with E-state index in [1.54, 1.807) is 0 Å². The summed E-state index contributed by atoms with van der Waals surface area (Å²) in [5.74, 6) is 0. The summed E-state index contributed by atoms with van der Waals surface area (Å²) >= 11 is 0. The predicted molar refractivity (Wildman–Crippen MR) is 100 cm³/mol. The number of fused-ring (bicyclic) bond motifs is 7. The van der Waals surface area contributed by atoms with Crippen molar-refractivity contribution in [3.8, 4) is 0 Å². The second-order valence-electron chi connectivity index (χ2n) is 6.45. The van der Waals surface area contributed by atoms with Gasteiger partial charge in [0.2, 0.25) is 0 Å². The molecule has 0 fully saturated rings. The molecular formula is C22H17N. The minimum atomic E-state index is 1.26. The lowest BCUT2D eigenvalue weighted by Gasteiger charge is -2.06. The zero-order chi connectivity index (χ0) is 15.6. The Bertz CT molecular complexity index is 1130. The second-order valence-corrected chi connectivity index (χ2v) is 6.45. The quantitative estimate of drug-likeness (QED) is 0.348. The predicted octanol–water partition coefficient (Wildman–Crippen LogP) is 6.24. The van der Waals surface area contributed by atoms with E-state index in [1.807, 2.05) is 0 Å². The van der Waals surface area contributed by atoms with E-state index in [-0.39, 0.29) is 0 Å². The Morgan fingerprint density at radius 2 is 1.04 bits per heavy atom. The van der Waals surface area contributed by atoms with E-state index in [0.717, 1.165) is 0 Å². The molecule has 0 spiro atoms. The molecule has 1 aromatic heterocycles. The van der Waals surface area contributed by atoms with Gasteiger partial charge in [-0.25, -0.2) is 0 Å². The Kier molecular flexibility index (Phi) is 2.41. The summed E-state index contributed by atoms with van der Waals surface area (Å²) in [4.78, 5) is 3.70. The number of benzene rings is 4. The molecule has 0 unspecified atom stereocenters. The van der Waals surface area contributed by atoms with E-state index in [9.17, 15) is 0 Å². The first-order valence-electron chi connectivity index (χ1n) is 8.06. The fourth-order valence-electron chi connectivity index (χ4n) is 3.94. The van der Waals surface area contributed by atoms with Gasteiger partial charge in [0, 0.05) is 10.8 Å². The third kappa shape index (κ3) is 1.62. The number of hydrogen-bond donors (Lipinski definition) is 1. The molecule has 0 amide bonds. The normalized spacial score (nSPS) is 11.9. The SMILES string of the molecule is Cc1cc2ccccc2c2c1[nH]c1c(C)cc3ccccc3c12. The maximum Gasteiger partial charge on any atom is 0.0501 e. The number of nitrogens with one attached hydrogen (secondary N) is 1. The molecule has 1 heteroatoms. The van der Waals surface area contributed by atoms with Crippen molar-refractivity contribution in [1.82, 2.24) is 4.98 Å². The van der Waals surface area contributed by atoms with Crippen LogP contribution in [0.25, 0.3) is 43.4 Å². The Morgan fingerprint density at radius 1 is 0.609 bits per heavy atom. The first-order valence-corrected chi connectivity index (χ1v) is 8.06. The molecule has 0 aliphatic heterocycles. The Balaban J connectivity index is 2.21. The third-order valence-electron chi connectivity index (χ3n) is 4.99. The lowest BCUT2D eigenvalue weighted by Crippen LogP contribution is -1.81. The maximum absolute atomic E-state index is 3.70. The number of H-pyrrole nitrogens is 1. The van der Waals surface area contributed by atoms with Crippen molar-refractivity contribution in [3.05, 3.63) is 71.8 Å². The molecular weight excluding hydrogens is 278 g/mol. The molecule has 1 heterocycles. The molecule has 0 bridgehead atoms. The summed E-state index contributed by atoms with van der Waals surface area (Å²) in [5.41, 5.74) is 5.13. The molecule has 23 heavy (non-hydrogen) atoms. The van der Waals surface area contributed by atoms with Crippen molar-refractivity contribution >= 4 is 43.4 Å². The van der Waals surface area contributed by atoms with Gasteiger partial charge in [-0.05, 0) is 58.7 Å². The van der Waals surface area contributed by atoms with Crippen LogP contribution in [0.4, 0.5) is 0 Å². The van der Waals surface area contributed by atoms with Gasteiger partial charge in [-0.3, -0.25) is 0 Å². The van der Waals surface area contributed by atoms with Crippen molar-refractivity contribution in [2.75, 3.05) is 0 Å². The monoisotopic (exact) mass is 295 g/mol. The number of rotatable bonds is 0. The lowest BCUT2D eigenvalue weighted by atomic mass is 9.96. The average Bonchev–Trinajstić information content (AvgIpc) is 2.98. The topological polar surface area (TPSA) is 15.8 Å². The number of aryl methyl sites for hydroxylation is 2. The zero-order valence-electron chi connectivity index (χ0n) is 13.3. The number of aromatic nitrogens is 1. The summed E-state index contributed by atoms with van der Waals surface area (Å²) in [6.07, 6.45) is 0. The van der Waals surface area contributed by atoms with Crippen LogP contribution in [-0.4, -0.2) is 4.98 Å². The van der Waals surface area contributed by atoms with E-state index in [4.69, 9.17) is 0 Å². The van der Waals surface area contributed by atoms with E-state index in [2.05, 4.69) is 79.5 Å². The molecule has 0 atom stereocenters. The Labute approximate surface area is 134 Å². The molecule has 0 aliphatic carbocycles. The van der Waals surface area contributed by atoms with Crippen molar-refractivity contribution in [2.24, 2.45) is 0 Å². The number of aromatic amines is 1. The summed E-state index contributed by atoms with van der Waals surface area (Å²) in [6, 6.07) is 22.0. The van der Waals surface area contributed by atoms with Crippen molar-refractivity contribution in [3.63, 3.8) is 0 Å². The van der Waals surface area contributed by atoms with Crippen LogP contribution in [0.3, 0.4) is 0 Å². The molecule has 1 nitrogen and oxygen atoms in total. The minimum absolute atomic E-state index is 1.26. The van der Waals surface area contributed by atoms with Gasteiger partial charge in [0.25, 0.3) is 0 Å². The highest BCUT2D eigenvalue weighted by Gasteiger charge is 2.14. The van der Waals surface area contributed by atoms with Gasteiger partial charge in [0.15, 0.2) is 0 Å². The van der Waals surface area contributed by atoms with Gasteiger partial charge < -0.3 is 4.98 Å². The molecule has 0 saturated heterocycles. The standard InChI is InChI=1S/C22H17N/c1-13-11-15-7-3-5-9-17(15)19-20-18-10-6-4-8-16(18)12-14(2)22(20)23-21(13)19/h3-12,23H,1-2H3. The van der Waals surface area contributed by atoms with Crippen LogP contribution in [-0.2, 0) is 0 Å². The van der Waals surface area contributed by atoms with Crippen molar-refractivity contribution in [2.45, 2.75) is 13.8 Å².